The van der Waals surface area contributed by atoms with Crippen LogP contribution < -0.4 is 20.7 Å². The highest BCUT2D eigenvalue weighted by molar-refractivity contribution is 5.94. The molecule has 2 rings (SSSR count). The largest absolute Gasteiger partial charge is 0.489 e. The van der Waals surface area contributed by atoms with Crippen LogP contribution in [0.5, 0.6) is 11.5 Å². The molecule has 1 aliphatic heterocycles. The Bertz CT molecular complexity index is 443. The summed E-state index contributed by atoms with van der Waals surface area (Å²) in [5.74, 6) is 5.97. The van der Waals surface area contributed by atoms with Gasteiger partial charge in [0.05, 0.1) is 13.2 Å². The SMILES string of the molecule is CC1(C)COc2ccc(C(=O)NN)cc2OC1. The Kier molecular flexibility index (Phi) is 2.93. The molecule has 3 N–H and O–H groups in total. The average molecular weight is 236 g/mol. The first kappa shape index (κ1) is 11.7. The molecule has 0 radical (unpaired) electrons. The number of amides is 1. The monoisotopic (exact) mass is 236 g/mol. The van der Waals surface area contributed by atoms with Crippen LogP contribution in [0.4, 0.5) is 0 Å². The van der Waals surface area contributed by atoms with Gasteiger partial charge in [0.1, 0.15) is 0 Å². The summed E-state index contributed by atoms with van der Waals surface area (Å²) in [4.78, 5) is 11.4. The zero-order valence-corrected chi connectivity index (χ0v) is 9.95. The molecule has 0 bridgehead atoms. The number of carbonyl (C=O) groups excluding carboxylic acids is 1. The van der Waals surface area contributed by atoms with Crippen LogP contribution in [0.25, 0.3) is 0 Å². The average Bonchev–Trinajstić information content (AvgIpc) is 2.47. The van der Waals surface area contributed by atoms with Crippen LogP contribution in [0, 0.1) is 5.41 Å². The lowest BCUT2D eigenvalue weighted by molar-refractivity contribution is 0.0953. The summed E-state index contributed by atoms with van der Waals surface area (Å²) >= 11 is 0. The van der Waals surface area contributed by atoms with E-state index in [2.05, 4.69) is 19.3 Å². The second-order valence-corrected chi connectivity index (χ2v) is 4.88. The Morgan fingerprint density at radius 1 is 1.29 bits per heavy atom. The standard InChI is InChI=1S/C12H16N2O3/c1-12(2)6-16-9-4-3-8(11(15)14-13)5-10(9)17-7-12/h3-5H,6-7,13H2,1-2H3,(H,14,15). The minimum atomic E-state index is -0.347. The van der Waals surface area contributed by atoms with Crippen molar-refractivity contribution < 1.29 is 14.3 Å². The molecule has 0 saturated carbocycles. The van der Waals surface area contributed by atoms with E-state index in [1.54, 1.807) is 18.2 Å². The normalized spacial score (nSPS) is 17.1. The van der Waals surface area contributed by atoms with Crippen LogP contribution in [0.15, 0.2) is 18.2 Å². The van der Waals surface area contributed by atoms with Gasteiger partial charge in [-0.15, -0.1) is 0 Å². The molecule has 1 aromatic carbocycles. The highest BCUT2D eigenvalue weighted by Crippen LogP contribution is 2.34. The highest BCUT2D eigenvalue weighted by atomic mass is 16.5. The number of ether oxygens (including phenoxy) is 2. The van der Waals surface area contributed by atoms with Gasteiger partial charge in [0.25, 0.3) is 5.91 Å². The number of nitrogens with one attached hydrogen (secondary N) is 1. The van der Waals surface area contributed by atoms with Crippen molar-refractivity contribution in [2.24, 2.45) is 11.3 Å². The van der Waals surface area contributed by atoms with E-state index < -0.39 is 0 Å². The van der Waals surface area contributed by atoms with Gasteiger partial charge in [-0.25, -0.2) is 5.84 Å². The maximum absolute atomic E-state index is 11.4. The number of hydrogen-bond acceptors (Lipinski definition) is 4. The van der Waals surface area contributed by atoms with Gasteiger partial charge in [0.15, 0.2) is 11.5 Å². The predicted octanol–water partition coefficient (Wildman–Crippen LogP) is 1.09. The lowest BCUT2D eigenvalue weighted by atomic mass is 9.97. The summed E-state index contributed by atoms with van der Waals surface area (Å²) in [6.45, 7) is 5.26. The first-order valence-electron chi connectivity index (χ1n) is 5.42. The molecule has 1 amide bonds. The van der Waals surface area contributed by atoms with E-state index in [1.165, 1.54) is 0 Å². The number of hydrazine groups is 1. The molecule has 1 heterocycles. The Morgan fingerprint density at radius 3 is 2.59 bits per heavy atom. The van der Waals surface area contributed by atoms with Crippen LogP contribution in [0.3, 0.4) is 0 Å². The molecule has 5 heteroatoms. The van der Waals surface area contributed by atoms with Crippen molar-refractivity contribution in [2.45, 2.75) is 13.8 Å². The maximum Gasteiger partial charge on any atom is 0.265 e. The summed E-state index contributed by atoms with van der Waals surface area (Å²) in [5.41, 5.74) is 2.49. The first-order valence-corrected chi connectivity index (χ1v) is 5.42. The Hall–Kier alpha value is -1.75. The molecule has 0 saturated heterocycles. The smallest absolute Gasteiger partial charge is 0.265 e. The third kappa shape index (κ3) is 2.50. The molecule has 1 aromatic rings. The van der Waals surface area contributed by atoms with Gasteiger partial charge < -0.3 is 9.47 Å². The molecule has 0 aliphatic carbocycles. The number of benzene rings is 1. The molecule has 0 spiro atoms. The van der Waals surface area contributed by atoms with Crippen molar-refractivity contribution >= 4 is 5.91 Å². The molecule has 0 fully saturated rings. The van der Waals surface area contributed by atoms with E-state index in [-0.39, 0.29) is 11.3 Å². The number of hydrogen-bond donors (Lipinski definition) is 2. The number of nitrogen functional groups attached to an aromatic ring is 1. The second kappa shape index (κ2) is 4.25. The topological polar surface area (TPSA) is 73.6 Å². The van der Waals surface area contributed by atoms with Crippen LogP contribution in [-0.2, 0) is 0 Å². The van der Waals surface area contributed by atoms with Crippen LogP contribution in [0.2, 0.25) is 0 Å². The van der Waals surface area contributed by atoms with Gasteiger partial charge in [0, 0.05) is 11.0 Å². The molecule has 5 nitrogen and oxygen atoms in total. The molecule has 0 unspecified atom stereocenters. The third-order valence-corrected chi connectivity index (χ3v) is 2.57. The molecule has 17 heavy (non-hydrogen) atoms. The van der Waals surface area contributed by atoms with Crippen molar-refractivity contribution in [3.05, 3.63) is 23.8 Å². The molecule has 0 aromatic heterocycles. The van der Waals surface area contributed by atoms with Crippen molar-refractivity contribution in [3.8, 4) is 11.5 Å². The minimum Gasteiger partial charge on any atom is -0.489 e. The highest BCUT2D eigenvalue weighted by Gasteiger charge is 2.25. The van der Waals surface area contributed by atoms with Gasteiger partial charge in [-0.2, -0.15) is 0 Å². The number of fused-ring (bicyclic) bond motifs is 1. The third-order valence-electron chi connectivity index (χ3n) is 2.57. The zero-order valence-electron chi connectivity index (χ0n) is 9.95. The Morgan fingerprint density at radius 2 is 1.94 bits per heavy atom. The zero-order chi connectivity index (χ0) is 12.5. The van der Waals surface area contributed by atoms with E-state index in [9.17, 15) is 4.79 Å². The van der Waals surface area contributed by atoms with Gasteiger partial charge in [0.2, 0.25) is 0 Å². The van der Waals surface area contributed by atoms with E-state index in [0.717, 1.165) is 0 Å². The summed E-state index contributed by atoms with van der Waals surface area (Å²) in [6.07, 6.45) is 0. The van der Waals surface area contributed by atoms with Gasteiger partial charge in [-0.05, 0) is 18.2 Å². The van der Waals surface area contributed by atoms with Crippen LogP contribution >= 0.6 is 0 Å². The summed E-state index contributed by atoms with van der Waals surface area (Å²) in [6, 6.07) is 5.02. The molecule has 0 atom stereocenters. The Balaban J connectivity index is 2.29. The molecular weight excluding hydrogens is 220 g/mol. The van der Waals surface area contributed by atoms with Gasteiger partial charge in [-0.3, -0.25) is 10.2 Å². The lowest BCUT2D eigenvalue weighted by Crippen LogP contribution is -2.29. The summed E-state index contributed by atoms with van der Waals surface area (Å²) in [5, 5.41) is 0. The number of rotatable bonds is 1. The van der Waals surface area contributed by atoms with E-state index in [1.807, 2.05) is 0 Å². The quantitative estimate of drug-likeness (QED) is 0.435. The summed E-state index contributed by atoms with van der Waals surface area (Å²) < 4.78 is 11.3. The van der Waals surface area contributed by atoms with Gasteiger partial charge in [-0.1, -0.05) is 13.8 Å². The fourth-order valence-corrected chi connectivity index (χ4v) is 1.55. The van der Waals surface area contributed by atoms with Crippen molar-refractivity contribution in [1.29, 1.82) is 0 Å². The second-order valence-electron chi connectivity index (χ2n) is 4.88. The Labute approximate surface area is 99.9 Å². The van der Waals surface area contributed by atoms with Crippen LogP contribution in [0.1, 0.15) is 24.2 Å². The predicted molar refractivity (Wildman–Crippen MR) is 62.9 cm³/mol. The van der Waals surface area contributed by atoms with E-state index in [0.29, 0.717) is 30.3 Å². The van der Waals surface area contributed by atoms with Crippen LogP contribution in [-0.4, -0.2) is 19.1 Å². The van der Waals surface area contributed by atoms with Crippen molar-refractivity contribution in [3.63, 3.8) is 0 Å². The van der Waals surface area contributed by atoms with Crippen molar-refractivity contribution in [2.75, 3.05) is 13.2 Å². The fourth-order valence-electron chi connectivity index (χ4n) is 1.55. The number of carbonyl (C=O) groups is 1. The van der Waals surface area contributed by atoms with Gasteiger partial charge >= 0.3 is 0 Å². The summed E-state index contributed by atoms with van der Waals surface area (Å²) in [7, 11) is 0. The minimum absolute atomic E-state index is 0.0463. The van der Waals surface area contributed by atoms with E-state index >= 15 is 0 Å². The number of nitrogens with two attached hydrogens (primary N) is 1. The molecular formula is C12H16N2O3. The molecule has 1 aliphatic rings. The fraction of sp³-hybridized carbons (Fsp3) is 0.417. The molecule has 92 valence electrons. The maximum atomic E-state index is 11.4. The van der Waals surface area contributed by atoms with E-state index in [4.69, 9.17) is 15.3 Å². The lowest BCUT2D eigenvalue weighted by Gasteiger charge is -2.19. The first-order chi connectivity index (χ1) is 8.02. The van der Waals surface area contributed by atoms with Crippen molar-refractivity contribution in [1.82, 2.24) is 5.43 Å².